The lowest BCUT2D eigenvalue weighted by Crippen LogP contribution is -2.46. The van der Waals surface area contributed by atoms with Crippen molar-refractivity contribution >= 4 is 27.3 Å². The predicted molar refractivity (Wildman–Crippen MR) is 108 cm³/mol. The minimum atomic E-state index is -3.04. The molecule has 8 heteroatoms. The molecule has 1 fully saturated rings. The molecule has 148 valence electrons. The fourth-order valence-corrected chi connectivity index (χ4v) is 4.44. The van der Waals surface area contributed by atoms with E-state index in [4.69, 9.17) is 0 Å². The quantitative estimate of drug-likeness (QED) is 0.791. The maximum Gasteiger partial charge on any atom is 0.251 e. The van der Waals surface area contributed by atoms with Crippen LogP contribution in [0, 0.1) is 0 Å². The lowest BCUT2D eigenvalue weighted by molar-refractivity contribution is -0.121. The molecule has 1 saturated heterocycles. The maximum atomic E-state index is 13.1. The number of nitrogens with one attached hydrogen (secondary N) is 2. The summed E-state index contributed by atoms with van der Waals surface area (Å²) in [4.78, 5) is 26.6. The van der Waals surface area contributed by atoms with Gasteiger partial charge in [0, 0.05) is 31.4 Å². The molecule has 7 nitrogen and oxygen atoms in total. The lowest BCUT2D eigenvalue weighted by atomic mass is 10.0. The van der Waals surface area contributed by atoms with Gasteiger partial charge in [0.2, 0.25) is 5.91 Å². The summed E-state index contributed by atoms with van der Waals surface area (Å²) in [5, 5.41) is 5.43. The van der Waals surface area contributed by atoms with Crippen molar-refractivity contribution in [1.82, 2.24) is 10.2 Å². The summed E-state index contributed by atoms with van der Waals surface area (Å²) in [6, 6.07) is 15.3. The zero-order valence-corrected chi connectivity index (χ0v) is 16.4. The second-order valence-corrected chi connectivity index (χ2v) is 8.95. The summed E-state index contributed by atoms with van der Waals surface area (Å²) in [7, 11) is -1.49. The number of carbonyl (C=O) groups is 2. The molecule has 1 aliphatic rings. The molecule has 2 aromatic rings. The highest BCUT2D eigenvalue weighted by atomic mass is 32.2. The number of amides is 2. The molecule has 0 spiro atoms. The van der Waals surface area contributed by atoms with E-state index in [0.717, 1.165) is 5.56 Å². The minimum absolute atomic E-state index is 0.0461. The van der Waals surface area contributed by atoms with Gasteiger partial charge in [-0.3, -0.25) is 14.5 Å². The number of hydrogen-bond acceptors (Lipinski definition) is 5. The Morgan fingerprint density at radius 2 is 1.57 bits per heavy atom. The number of rotatable bonds is 5. The van der Waals surface area contributed by atoms with Crippen LogP contribution in [0.15, 0.2) is 54.6 Å². The topological polar surface area (TPSA) is 95.6 Å². The Morgan fingerprint density at radius 3 is 2.14 bits per heavy atom. The zero-order valence-electron chi connectivity index (χ0n) is 15.6. The standard InChI is InChI=1S/C20H23N3O4S/c1-21-19(24)16-7-9-17(10-8-16)22-20(25)18(15-5-3-2-4-6-15)23-11-13-28(26,27)14-12-23/h2-10,18H,11-14H2,1H3,(H,21,24)(H,22,25). The van der Waals surface area contributed by atoms with Crippen molar-refractivity contribution in [1.29, 1.82) is 0 Å². The van der Waals surface area contributed by atoms with Crippen LogP contribution in [-0.4, -0.2) is 56.8 Å². The first-order valence-corrected chi connectivity index (χ1v) is 10.8. The molecular formula is C20H23N3O4S. The van der Waals surface area contributed by atoms with Gasteiger partial charge in [0.25, 0.3) is 5.91 Å². The third-order valence-corrected chi connectivity index (χ3v) is 6.36. The Morgan fingerprint density at radius 1 is 0.964 bits per heavy atom. The molecule has 0 aromatic heterocycles. The average Bonchev–Trinajstić information content (AvgIpc) is 2.70. The number of benzene rings is 2. The molecule has 2 N–H and O–H groups in total. The normalized spacial score (nSPS) is 17.5. The van der Waals surface area contributed by atoms with E-state index in [0.29, 0.717) is 24.3 Å². The monoisotopic (exact) mass is 401 g/mol. The SMILES string of the molecule is CNC(=O)c1ccc(NC(=O)C(c2ccccc2)N2CCS(=O)(=O)CC2)cc1. The van der Waals surface area contributed by atoms with Crippen LogP contribution < -0.4 is 10.6 Å². The van der Waals surface area contributed by atoms with Crippen molar-refractivity contribution in [2.45, 2.75) is 6.04 Å². The first kappa shape index (κ1) is 20.0. The molecule has 1 heterocycles. The van der Waals surface area contributed by atoms with Crippen LogP contribution in [0.4, 0.5) is 5.69 Å². The van der Waals surface area contributed by atoms with Crippen molar-refractivity contribution in [3.05, 3.63) is 65.7 Å². The summed E-state index contributed by atoms with van der Waals surface area (Å²) < 4.78 is 23.5. The van der Waals surface area contributed by atoms with Crippen LogP contribution in [0.2, 0.25) is 0 Å². The Kier molecular flexibility index (Phi) is 6.11. The highest BCUT2D eigenvalue weighted by Gasteiger charge is 2.32. The van der Waals surface area contributed by atoms with Crippen molar-refractivity contribution in [3.63, 3.8) is 0 Å². The van der Waals surface area contributed by atoms with Crippen LogP contribution in [-0.2, 0) is 14.6 Å². The number of carbonyl (C=O) groups excluding carboxylic acids is 2. The Balaban J connectivity index is 1.80. The van der Waals surface area contributed by atoms with Crippen LogP contribution in [0.1, 0.15) is 22.0 Å². The van der Waals surface area contributed by atoms with Gasteiger partial charge in [0.05, 0.1) is 11.5 Å². The van der Waals surface area contributed by atoms with E-state index in [1.165, 1.54) is 0 Å². The van der Waals surface area contributed by atoms with E-state index in [1.54, 1.807) is 31.3 Å². The second kappa shape index (κ2) is 8.53. The van der Waals surface area contributed by atoms with Gasteiger partial charge in [-0.15, -0.1) is 0 Å². The molecule has 2 amide bonds. The van der Waals surface area contributed by atoms with E-state index in [1.807, 2.05) is 35.2 Å². The van der Waals surface area contributed by atoms with Crippen molar-refractivity contribution in [2.24, 2.45) is 0 Å². The van der Waals surface area contributed by atoms with Gasteiger partial charge in [-0.2, -0.15) is 0 Å². The third kappa shape index (κ3) is 4.76. The van der Waals surface area contributed by atoms with Crippen molar-refractivity contribution in [2.75, 3.05) is 37.0 Å². The average molecular weight is 401 g/mol. The molecule has 0 radical (unpaired) electrons. The number of hydrogen-bond donors (Lipinski definition) is 2. The van der Waals surface area contributed by atoms with Crippen LogP contribution >= 0.6 is 0 Å². The van der Waals surface area contributed by atoms with E-state index in [-0.39, 0.29) is 23.3 Å². The van der Waals surface area contributed by atoms with E-state index in [9.17, 15) is 18.0 Å². The first-order chi connectivity index (χ1) is 13.4. The first-order valence-electron chi connectivity index (χ1n) is 9.02. The van der Waals surface area contributed by atoms with E-state index in [2.05, 4.69) is 10.6 Å². The predicted octanol–water partition coefficient (Wildman–Crippen LogP) is 1.46. The third-order valence-electron chi connectivity index (χ3n) is 4.75. The summed E-state index contributed by atoms with van der Waals surface area (Å²) in [5.74, 6) is -0.345. The maximum absolute atomic E-state index is 13.1. The smallest absolute Gasteiger partial charge is 0.251 e. The van der Waals surface area contributed by atoms with E-state index >= 15 is 0 Å². The van der Waals surface area contributed by atoms with Gasteiger partial charge in [-0.1, -0.05) is 30.3 Å². The van der Waals surface area contributed by atoms with Crippen LogP contribution in [0.3, 0.4) is 0 Å². The summed E-state index contributed by atoms with van der Waals surface area (Å²) in [6.07, 6.45) is 0. The van der Waals surface area contributed by atoms with Gasteiger partial charge < -0.3 is 10.6 Å². The molecule has 1 aliphatic heterocycles. The highest BCUT2D eigenvalue weighted by Crippen LogP contribution is 2.25. The second-order valence-electron chi connectivity index (χ2n) is 6.65. The number of nitrogens with zero attached hydrogens (tertiary/aromatic N) is 1. The molecule has 28 heavy (non-hydrogen) atoms. The van der Waals surface area contributed by atoms with Gasteiger partial charge in [-0.25, -0.2) is 8.42 Å². The fourth-order valence-electron chi connectivity index (χ4n) is 3.21. The lowest BCUT2D eigenvalue weighted by Gasteiger charge is -2.33. The largest absolute Gasteiger partial charge is 0.355 e. The van der Waals surface area contributed by atoms with Crippen molar-refractivity contribution < 1.29 is 18.0 Å². The molecule has 2 aromatic carbocycles. The van der Waals surface area contributed by atoms with Gasteiger partial charge >= 0.3 is 0 Å². The summed E-state index contributed by atoms with van der Waals surface area (Å²) in [5.41, 5.74) is 1.88. The van der Waals surface area contributed by atoms with Gasteiger partial charge in [-0.05, 0) is 29.8 Å². The Labute approximate surface area is 164 Å². The van der Waals surface area contributed by atoms with E-state index < -0.39 is 15.9 Å². The summed E-state index contributed by atoms with van der Waals surface area (Å²) >= 11 is 0. The molecule has 0 bridgehead atoms. The summed E-state index contributed by atoms with van der Waals surface area (Å²) in [6.45, 7) is 0.621. The number of sulfone groups is 1. The highest BCUT2D eigenvalue weighted by molar-refractivity contribution is 7.91. The molecule has 1 unspecified atom stereocenters. The van der Waals surface area contributed by atoms with Gasteiger partial charge in [0.1, 0.15) is 6.04 Å². The Bertz CT molecular complexity index is 929. The Hall–Kier alpha value is -2.71. The minimum Gasteiger partial charge on any atom is -0.355 e. The van der Waals surface area contributed by atoms with Crippen LogP contribution in [0.25, 0.3) is 0 Å². The molecule has 1 atom stereocenters. The zero-order chi connectivity index (χ0) is 20.1. The van der Waals surface area contributed by atoms with Gasteiger partial charge in [0.15, 0.2) is 9.84 Å². The molecule has 0 aliphatic carbocycles. The van der Waals surface area contributed by atoms with Crippen LogP contribution in [0.5, 0.6) is 0 Å². The van der Waals surface area contributed by atoms with Crippen molar-refractivity contribution in [3.8, 4) is 0 Å². The molecular weight excluding hydrogens is 378 g/mol. The number of anilines is 1. The fraction of sp³-hybridized carbons (Fsp3) is 0.300. The molecule has 0 saturated carbocycles. The molecule has 3 rings (SSSR count).